The van der Waals surface area contributed by atoms with Gasteiger partial charge in [0.15, 0.2) is 0 Å². The lowest BCUT2D eigenvalue weighted by Crippen LogP contribution is -1.95. The molecule has 0 bridgehead atoms. The summed E-state index contributed by atoms with van der Waals surface area (Å²) in [5.41, 5.74) is 0.619. The van der Waals surface area contributed by atoms with E-state index in [1.807, 2.05) is 12.1 Å². The average molecular weight is 508 g/mol. The third kappa shape index (κ3) is 3.03. The van der Waals surface area contributed by atoms with Crippen LogP contribution < -0.4 is 0 Å². The molecule has 0 aliphatic rings. The van der Waals surface area contributed by atoms with Crippen LogP contribution >= 0.6 is 75.1 Å². The van der Waals surface area contributed by atoms with Gasteiger partial charge in [-0.15, -0.1) is 11.3 Å². The van der Waals surface area contributed by atoms with E-state index in [4.69, 9.17) is 0 Å². The molecule has 0 saturated carbocycles. The van der Waals surface area contributed by atoms with E-state index in [0.717, 1.165) is 17.6 Å². The SMILES string of the molecule is Fc1cccc(Br)c1C(Br)c1cc(Br)c(Br)s1. The van der Waals surface area contributed by atoms with Crippen molar-refractivity contribution in [3.63, 3.8) is 0 Å². The second-order valence-corrected chi connectivity index (χ2v) is 8.29. The molecule has 0 spiro atoms. The van der Waals surface area contributed by atoms with Gasteiger partial charge in [0.1, 0.15) is 5.82 Å². The van der Waals surface area contributed by atoms with Crippen LogP contribution in [0.1, 0.15) is 15.3 Å². The number of rotatable bonds is 2. The van der Waals surface area contributed by atoms with Gasteiger partial charge in [-0.3, -0.25) is 0 Å². The van der Waals surface area contributed by atoms with Gasteiger partial charge in [-0.2, -0.15) is 0 Å². The Morgan fingerprint density at radius 3 is 2.35 bits per heavy atom. The van der Waals surface area contributed by atoms with Crippen LogP contribution in [0, 0.1) is 5.82 Å². The number of hydrogen-bond donors (Lipinski definition) is 0. The Kier molecular flexibility index (Phi) is 4.86. The van der Waals surface area contributed by atoms with Gasteiger partial charge >= 0.3 is 0 Å². The van der Waals surface area contributed by atoms with E-state index in [-0.39, 0.29) is 10.6 Å². The molecule has 0 saturated heterocycles. The van der Waals surface area contributed by atoms with Crippen molar-refractivity contribution in [1.29, 1.82) is 0 Å². The zero-order valence-corrected chi connectivity index (χ0v) is 15.3. The lowest BCUT2D eigenvalue weighted by Gasteiger charge is -2.11. The summed E-state index contributed by atoms with van der Waals surface area (Å²) in [6, 6.07) is 6.96. The number of benzene rings is 1. The largest absolute Gasteiger partial charge is 0.207 e. The molecule has 1 atom stereocenters. The summed E-state index contributed by atoms with van der Waals surface area (Å²) in [7, 11) is 0. The molecule has 0 nitrogen and oxygen atoms in total. The standard InChI is InChI=1S/C11H5Br4FS/c12-5-2-1-3-7(16)9(5)10(14)8-4-6(13)11(15)17-8/h1-4,10H. The van der Waals surface area contributed by atoms with Crippen LogP contribution in [0.2, 0.25) is 0 Å². The Labute approximate surface area is 136 Å². The molecule has 0 amide bonds. The summed E-state index contributed by atoms with van der Waals surface area (Å²) in [6.45, 7) is 0. The molecule has 0 N–H and O–H groups in total. The topological polar surface area (TPSA) is 0 Å². The van der Waals surface area contributed by atoms with Crippen molar-refractivity contribution in [2.24, 2.45) is 0 Å². The van der Waals surface area contributed by atoms with E-state index in [0.29, 0.717) is 5.56 Å². The highest BCUT2D eigenvalue weighted by molar-refractivity contribution is 9.13. The summed E-state index contributed by atoms with van der Waals surface area (Å²) in [5, 5.41) is 0. The lowest BCUT2D eigenvalue weighted by atomic mass is 10.1. The van der Waals surface area contributed by atoms with Crippen molar-refractivity contribution in [3.8, 4) is 0 Å². The van der Waals surface area contributed by atoms with E-state index in [9.17, 15) is 4.39 Å². The van der Waals surface area contributed by atoms with Crippen LogP contribution in [-0.4, -0.2) is 0 Å². The molecule has 0 fully saturated rings. The number of thiophene rings is 1. The van der Waals surface area contributed by atoms with Crippen LogP contribution in [0.3, 0.4) is 0 Å². The lowest BCUT2D eigenvalue weighted by molar-refractivity contribution is 0.612. The Morgan fingerprint density at radius 1 is 1.12 bits per heavy atom. The first-order chi connectivity index (χ1) is 8.00. The molecular formula is C11H5Br4FS. The first-order valence-electron chi connectivity index (χ1n) is 4.53. The van der Waals surface area contributed by atoms with Crippen molar-refractivity contribution >= 4 is 75.1 Å². The summed E-state index contributed by atoms with van der Waals surface area (Å²) in [4.78, 5) is 0.875. The minimum absolute atomic E-state index is 0.161. The average Bonchev–Trinajstić information content (AvgIpc) is 2.59. The van der Waals surface area contributed by atoms with Crippen molar-refractivity contribution < 1.29 is 4.39 Å². The van der Waals surface area contributed by atoms with Gasteiger partial charge in [0.05, 0.1) is 8.61 Å². The van der Waals surface area contributed by atoms with Crippen LogP contribution in [-0.2, 0) is 0 Å². The maximum atomic E-state index is 13.8. The minimum atomic E-state index is -0.220. The molecule has 17 heavy (non-hydrogen) atoms. The third-order valence-electron chi connectivity index (χ3n) is 2.17. The second kappa shape index (κ2) is 5.82. The molecule has 90 valence electrons. The highest BCUT2D eigenvalue weighted by Gasteiger charge is 2.20. The van der Waals surface area contributed by atoms with Gasteiger partial charge in [0.2, 0.25) is 0 Å². The molecule has 1 aromatic heterocycles. The minimum Gasteiger partial charge on any atom is -0.207 e. The number of halogens is 5. The Morgan fingerprint density at radius 2 is 1.82 bits per heavy atom. The van der Waals surface area contributed by atoms with Gasteiger partial charge in [-0.1, -0.05) is 37.9 Å². The second-order valence-electron chi connectivity index (χ2n) is 3.27. The fourth-order valence-electron chi connectivity index (χ4n) is 1.38. The maximum absolute atomic E-state index is 13.8. The Bertz CT molecular complexity index is 513. The molecule has 1 aromatic carbocycles. The van der Waals surface area contributed by atoms with Crippen molar-refractivity contribution in [2.75, 3.05) is 0 Å². The number of hydrogen-bond acceptors (Lipinski definition) is 1. The molecule has 6 heteroatoms. The summed E-state index contributed by atoms with van der Waals surface area (Å²) < 4.78 is 16.6. The van der Waals surface area contributed by atoms with Crippen molar-refractivity contribution in [1.82, 2.24) is 0 Å². The molecule has 0 radical (unpaired) electrons. The zero-order valence-electron chi connectivity index (χ0n) is 8.18. The van der Waals surface area contributed by atoms with Gasteiger partial charge in [-0.25, -0.2) is 4.39 Å². The smallest absolute Gasteiger partial charge is 0.129 e. The van der Waals surface area contributed by atoms with E-state index in [1.165, 1.54) is 6.07 Å². The predicted molar refractivity (Wildman–Crippen MR) is 84.6 cm³/mol. The molecule has 0 aliphatic carbocycles. The van der Waals surface area contributed by atoms with Crippen molar-refractivity contribution in [2.45, 2.75) is 4.83 Å². The fourth-order valence-corrected chi connectivity index (χ4v) is 5.22. The van der Waals surface area contributed by atoms with E-state index < -0.39 is 0 Å². The van der Waals surface area contributed by atoms with Gasteiger partial charge in [-0.05, 0) is 50.1 Å². The summed E-state index contributed by atoms with van der Waals surface area (Å²) in [6.07, 6.45) is 0. The maximum Gasteiger partial charge on any atom is 0.129 e. The van der Waals surface area contributed by atoms with Crippen LogP contribution in [0.25, 0.3) is 0 Å². The van der Waals surface area contributed by atoms with E-state index >= 15 is 0 Å². The Hall–Kier alpha value is 0.770. The van der Waals surface area contributed by atoms with Crippen LogP contribution in [0.5, 0.6) is 0 Å². The van der Waals surface area contributed by atoms with Gasteiger partial charge in [0.25, 0.3) is 0 Å². The summed E-state index contributed by atoms with van der Waals surface area (Å²) >= 11 is 15.4. The first kappa shape index (κ1) is 14.2. The number of alkyl halides is 1. The van der Waals surface area contributed by atoms with E-state index in [2.05, 4.69) is 63.7 Å². The molecule has 0 aliphatic heterocycles. The highest BCUT2D eigenvalue weighted by atomic mass is 79.9. The fraction of sp³-hybridized carbons (Fsp3) is 0.0909. The van der Waals surface area contributed by atoms with Crippen molar-refractivity contribution in [3.05, 3.63) is 53.3 Å². The molecule has 2 rings (SSSR count). The molecule has 1 heterocycles. The predicted octanol–water partition coefficient (Wildman–Crippen LogP) is 6.66. The van der Waals surface area contributed by atoms with Gasteiger partial charge in [0, 0.05) is 19.4 Å². The third-order valence-corrected chi connectivity index (χ3v) is 7.43. The molecule has 2 aromatic rings. The quantitative estimate of drug-likeness (QED) is 0.399. The first-order valence-corrected chi connectivity index (χ1v) is 8.64. The molecular weight excluding hydrogens is 503 g/mol. The monoisotopic (exact) mass is 504 g/mol. The van der Waals surface area contributed by atoms with E-state index in [1.54, 1.807) is 17.4 Å². The summed E-state index contributed by atoms with van der Waals surface area (Å²) in [5.74, 6) is -0.220. The normalized spacial score (nSPS) is 12.8. The van der Waals surface area contributed by atoms with Gasteiger partial charge < -0.3 is 0 Å². The Balaban J connectivity index is 2.47. The molecule has 1 unspecified atom stereocenters. The van der Waals surface area contributed by atoms with Crippen LogP contribution in [0.15, 0.2) is 37.0 Å². The zero-order chi connectivity index (χ0) is 12.6. The highest BCUT2D eigenvalue weighted by Crippen LogP contribution is 2.43. The van der Waals surface area contributed by atoms with Crippen LogP contribution in [0.4, 0.5) is 4.39 Å².